The van der Waals surface area contributed by atoms with Gasteiger partial charge in [-0.25, -0.2) is 0 Å². The van der Waals surface area contributed by atoms with Gasteiger partial charge in [0.1, 0.15) is 0 Å². The molecular formula is C12H18N2OS. The molecule has 0 aliphatic carbocycles. The van der Waals surface area contributed by atoms with E-state index in [0.29, 0.717) is 12.3 Å². The van der Waals surface area contributed by atoms with Crippen LogP contribution in [0, 0.1) is 0 Å². The second kappa shape index (κ2) is 7.30. The quantitative estimate of drug-likeness (QED) is 0.768. The Kier molecular flexibility index (Phi) is 5.96. The minimum absolute atomic E-state index is 0.133. The molecule has 0 unspecified atom stereocenters. The highest BCUT2D eigenvalue weighted by molar-refractivity contribution is 7.99. The maximum atomic E-state index is 11.8. The Hall–Kier alpha value is -1.00. The normalized spacial score (nSPS) is 10.1. The molecule has 0 fully saturated rings. The molecule has 0 spiro atoms. The molecule has 0 aliphatic rings. The van der Waals surface area contributed by atoms with E-state index in [1.807, 2.05) is 30.3 Å². The molecule has 3 nitrogen and oxygen atoms in total. The van der Waals surface area contributed by atoms with Gasteiger partial charge in [0.05, 0.1) is 5.75 Å². The molecule has 0 aromatic heterocycles. The number of carbonyl (C=O) groups excluding carboxylic acids is 1. The van der Waals surface area contributed by atoms with E-state index in [9.17, 15) is 4.79 Å². The number of nitrogens with two attached hydrogens (primary N) is 1. The minimum atomic E-state index is 0.133. The largest absolute Gasteiger partial charge is 0.330 e. The van der Waals surface area contributed by atoms with Crippen molar-refractivity contribution in [1.29, 1.82) is 0 Å². The second-order valence-corrected chi connectivity index (χ2v) is 4.59. The van der Waals surface area contributed by atoms with Crippen LogP contribution in [0.5, 0.6) is 0 Å². The Morgan fingerprint density at radius 1 is 1.38 bits per heavy atom. The van der Waals surface area contributed by atoms with Crippen LogP contribution in [0.1, 0.15) is 6.42 Å². The van der Waals surface area contributed by atoms with E-state index < -0.39 is 0 Å². The number of carbonyl (C=O) groups is 1. The number of hydrogen-bond acceptors (Lipinski definition) is 3. The molecule has 0 saturated carbocycles. The summed E-state index contributed by atoms with van der Waals surface area (Å²) in [6.45, 7) is 0.690. The second-order valence-electron chi connectivity index (χ2n) is 3.48. The van der Waals surface area contributed by atoms with E-state index >= 15 is 0 Å². The van der Waals surface area contributed by atoms with Crippen molar-refractivity contribution >= 4 is 23.4 Å². The van der Waals surface area contributed by atoms with Crippen molar-refractivity contribution in [2.75, 3.05) is 30.0 Å². The fraction of sp³-hybridized carbons (Fsp3) is 0.417. The molecule has 0 radical (unpaired) electrons. The van der Waals surface area contributed by atoms with Gasteiger partial charge in [-0.1, -0.05) is 18.2 Å². The zero-order chi connectivity index (χ0) is 11.8. The monoisotopic (exact) mass is 238 g/mol. The molecule has 1 amide bonds. The standard InChI is InChI=1S/C12H18N2OS/c1-14(11-6-3-2-4-7-11)12(15)10-16-9-5-8-13/h2-4,6-7H,5,8-10,13H2,1H3. The van der Waals surface area contributed by atoms with Gasteiger partial charge in [0.15, 0.2) is 0 Å². The Morgan fingerprint density at radius 2 is 2.06 bits per heavy atom. The van der Waals surface area contributed by atoms with Gasteiger partial charge >= 0.3 is 0 Å². The summed E-state index contributed by atoms with van der Waals surface area (Å²) in [4.78, 5) is 13.5. The average molecular weight is 238 g/mol. The first-order valence-corrected chi connectivity index (χ1v) is 6.50. The number of thioether (sulfide) groups is 1. The van der Waals surface area contributed by atoms with Gasteiger partial charge in [0, 0.05) is 12.7 Å². The lowest BCUT2D eigenvalue weighted by Gasteiger charge is -2.16. The molecule has 1 aromatic carbocycles. The molecule has 0 bridgehead atoms. The molecule has 16 heavy (non-hydrogen) atoms. The molecule has 2 N–H and O–H groups in total. The summed E-state index contributed by atoms with van der Waals surface area (Å²) in [6.07, 6.45) is 0.965. The lowest BCUT2D eigenvalue weighted by atomic mass is 10.3. The highest BCUT2D eigenvalue weighted by Gasteiger charge is 2.09. The van der Waals surface area contributed by atoms with Crippen LogP contribution in [0.2, 0.25) is 0 Å². The number of para-hydroxylation sites is 1. The minimum Gasteiger partial charge on any atom is -0.330 e. The first-order valence-electron chi connectivity index (χ1n) is 5.35. The van der Waals surface area contributed by atoms with E-state index in [-0.39, 0.29) is 5.91 Å². The van der Waals surface area contributed by atoms with E-state index in [4.69, 9.17) is 5.73 Å². The van der Waals surface area contributed by atoms with Crippen molar-refractivity contribution in [3.05, 3.63) is 30.3 Å². The van der Waals surface area contributed by atoms with Gasteiger partial charge in [-0.3, -0.25) is 4.79 Å². The highest BCUT2D eigenvalue weighted by atomic mass is 32.2. The van der Waals surface area contributed by atoms with Gasteiger partial charge in [-0.15, -0.1) is 0 Å². The van der Waals surface area contributed by atoms with E-state index in [1.54, 1.807) is 23.7 Å². The maximum Gasteiger partial charge on any atom is 0.236 e. The van der Waals surface area contributed by atoms with Crippen LogP contribution in [0.3, 0.4) is 0 Å². The Labute approximate surface area is 101 Å². The number of nitrogens with zero attached hydrogens (tertiary/aromatic N) is 1. The smallest absolute Gasteiger partial charge is 0.236 e. The number of rotatable bonds is 6. The van der Waals surface area contributed by atoms with Crippen molar-refractivity contribution < 1.29 is 4.79 Å². The molecule has 0 aliphatic heterocycles. The first-order chi connectivity index (χ1) is 7.75. The molecule has 1 aromatic rings. The zero-order valence-electron chi connectivity index (χ0n) is 9.56. The van der Waals surface area contributed by atoms with Crippen molar-refractivity contribution in [2.45, 2.75) is 6.42 Å². The zero-order valence-corrected chi connectivity index (χ0v) is 10.4. The van der Waals surface area contributed by atoms with Gasteiger partial charge in [-0.2, -0.15) is 11.8 Å². The third kappa shape index (κ3) is 4.24. The van der Waals surface area contributed by atoms with Crippen molar-refractivity contribution in [2.24, 2.45) is 5.73 Å². The van der Waals surface area contributed by atoms with Crippen LogP contribution in [0.25, 0.3) is 0 Å². The van der Waals surface area contributed by atoms with Crippen molar-refractivity contribution in [3.63, 3.8) is 0 Å². The predicted molar refractivity (Wildman–Crippen MR) is 70.8 cm³/mol. The fourth-order valence-electron chi connectivity index (χ4n) is 1.24. The average Bonchev–Trinajstić information content (AvgIpc) is 2.34. The third-order valence-electron chi connectivity index (χ3n) is 2.24. The molecule has 0 heterocycles. The number of anilines is 1. The summed E-state index contributed by atoms with van der Waals surface area (Å²) in [5.41, 5.74) is 6.32. The molecule has 1 rings (SSSR count). The molecule has 0 saturated heterocycles. The molecule has 4 heteroatoms. The Morgan fingerprint density at radius 3 is 2.69 bits per heavy atom. The number of benzene rings is 1. The SMILES string of the molecule is CN(C(=O)CSCCCN)c1ccccc1. The van der Waals surface area contributed by atoms with Crippen LogP contribution in [0.4, 0.5) is 5.69 Å². The first kappa shape index (κ1) is 13.1. The summed E-state index contributed by atoms with van der Waals surface area (Å²) in [5, 5.41) is 0. The Bertz CT molecular complexity index is 316. The summed E-state index contributed by atoms with van der Waals surface area (Å²) >= 11 is 1.64. The summed E-state index contributed by atoms with van der Waals surface area (Å²) < 4.78 is 0. The fourth-order valence-corrected chi connectivity index (χ4v) is 2.12. The molecule has 0 atom stereocenters. The third-order valence-corrected chi connectivity index (χ3v) is 3.26. The lowest BCUT2D eigenvalue weighted by Crippen LogP contribution is -2.28. The van der Waals surface area contributed by atoms with E-state index in [0.717, 1.165) is 17.9 Å². The van der Waals surface area contributed by atoms with Gasteiger partial charge in [0.2, 0.25) is 5.91 Å². The van der Waals surface area contributed by atoms with Crippen molar-refractivity contribution in [1.82, 2.24) is 0 Å². The molecular weight excluding hydrogens is 220 g/mol. The number of hydrogen-bond donors (Lipinski definition) is 1. The topological polar surface area (TPSA) is 46.3 Å². The van der Waals surface area contributed by atoms with Crippen LogP contribution in [-0.2, 0) is 4.79 Å². The van der Waals surface area contributed by atoms with Crippen molar-refractivity contribution in [3.8, 4) is 0 Å². The maximum absolute atomic E-state index is 11.8. The number of amides is 1. The van der Waals surface area contributed by atoms with Crippen LogP contribution in [-0.4, -0.2) is 31.0 Å². The van der Waals surface area contributed by atoms with Gasteiger partial charge < -0.3 is 10.6 Å². The summed E-state index contributed by atoms with van der Waals surface area (Å²) in [6, 6.07) is 9.67. The van der Waals surface area contributed by atoms with Crippen LogP contribution >= 0.6 is 11.8 Å². The highest BCUT2D eigenvalue weighted by Crippen LogP contribution is 2.13. The van der Waals surface area contributed by atoms with Gasteiger partial charge in [-0.05, 0) is 30.9 Å². The van der Waals surface area contributed by atoms with E-state index in [1.165, 1.54) is 0 Å². The van der Waals surface area contributed by atoms with Crippen LogP contribution in [0.15, 0.2) is 30.3 Å². The Balaban J connectivity index is 2.37. The van der Waals surface area contributed by atoms with E-state index in [2.05, 4.69) is 0 Å². The predicted octanol–water partition coefficient (Wildman–Crippen LogP) is 1.73. The summed E-state index contributed by atoms with van der Waals surface area (Å²) in [5.74, 6) is 1.60. The molecule has 88 valence electrons. The van der Waals surface area contributed by atoms with Gasteiger partial charge in [0.25, 0.3) is 0 Å². The van der Waals surface area contributed by atoms with Crippen LogP contribution < -0.4 is 10.6 Å². The summed E-state index contributed by atoms with van der Waals surface area (Å²) in [7, 11) is 1.81. The lowest BCUT2D eigenvalue weighted by molar-refractivity contribution is -0.115.